The van der Waals surface area contributed by atoms with Gasteiger partial charge in [0.2, 0.25) is 0 Å². The first kappa shape index (κ1) is 15.6. The van der Waals surface area contributed by atoms with Crippen molar-refractivity contribution in [2.75, 3.05) is 31.7 Å². The molecule has 1 unspecified atom stereocenters. The molecule has 112 valence electrons. The van der Waals surface area contributed by atoms with Crippen molar-refractivity contribution in [1.82, 2.24) is 0 Å². The Balaban J connectivity index is 1.98. The summed E-state index contributed by atoms with van der Waals surface area (Å²) in [6.07, 6.45) is 3.13. The molecule has 2 rings (SSSR count). The molecule has 0 bridgehead atoms. The number of nitrogens with zero attached hydrogens (tertiary/aromatic N) is 1. The molecule has 0 radical (unpaired) electrons. The molecule has 0 amide bonds. The van der Waals surface area contributed by atoms with Crippen LogP contribution in [0.1, 0.15) is 25.3 Å². The number of ether oxygens (including phenoxy) is 1. The monoisotopic (exact) mass is 296 g/mol. The Morgan fingerprint density at radius 3 is 2.70 bits per heavy atom. The van der Waals surface area contributed by atoms with Gasteiger partial charge in [0.1, 0.15) is 0 Å². The molecule has 1 saturated heterocycles. The van der Waals surface area contributed by atoms with Crippen LogP contribution in [-0.2, 0) is 11.2 Å². The van der Waals surface area contributed by atoms with Crippen molar-refractivity contribution in [1.29, 1.82) is 0 Å². The van der Waals surface area contributed by atoms with E-state index in [-0.39, 0.29) is 6.04 Å². The van der Waals surface area contributed by atoms with E-state index in [2.05, 4.69) is 30.1 Å². The predicted molar refractivity (Wildman–Crippen MR) is 85.6 cm³/mol. The lowest BCUT2D eigenvalue weighted by Gasteiger charge is -2.28. The highest BCUT2D eigenvalue weighted by molar-refractivity contribution is 6.31. The quantitative estimate of drug-likeness (QED) is 0.907. The average Bonchev–Trinajstić information content (AvgIpc) is 2.41. The maximum atomic E-state index is 6.36. The van der Waals surface area contributed by atoms with Crippen molar-refractivity contribution in [3.8, 4) is 0 Å². The van der Waals surface area contributed by atoms with Crippen LogP contribution in [-0.4, -0.2) is 32.8 Å². The number of benzene rings is 1. The fraction of sp³-hybridized carbons (Fsp3) is 0.625. The summed E-state index contributed by atoms with van der Waals surface area (Å²) < 4.78 is 5.41. The third kappa shape index (κ3) is 4.37. The maximum Gasteiger partial charge on any atom is 0.0469 e. The van der Waals surface area contributed by atoms with E-state index in [9.17, 15) is 0 Å². The summed E-state index contributed by atoms with van der Waals surface area (Å²) in [5, 5.41) is 0.818. The van der Waals surface area contributed by atoms with Gasteiger partial charge in [-0.05, 0) is 49.8 Å². The second kappa shape index (κ2) is 7.30. The van der Waals surface area contributed by atoms with Crippen LogP contribution in [0.2, 0.25) is 5.02 Å². The second-order valence-electron chi connectivity index (χ2n) is 5.89. The van der Waals surface area contributed by atoms with Gasteiger partial charge in [-0.2, -0.15) is 0 Å². The van der Waals surface area contributed by atoms with E-state index in [0.29, 0.717) is 0 Å². The van der Waals surface area contributed by atoms with Crippen LogP contribution in [0.15, 0.2) is 18.2 Å². The van der Waals surface area contributed by atoms with Crippen LogP contribution >= 0.6 is 11.6 Å². The van der Waals surface area contributed by atoms with Crippen LogP contribution in [0.5, 0.6) is 0 Å². The van der Waals surface area contributed by atoms with Gasteiger partial charge in [0.25, 0.3) is 0 Å². The number of rotatable bonds is 5. The topological polar surface area (TPSA) is 38.5 Å². The highest BCUT2D eigenvalue weighted by Crippen LogP contribution is 2.26. The summed E-state index contributed by atoms with van der Waals surface area (Å²) in [6.45, 7) is 4.85. The second-order valence-corrected chi connectivity index (χ2v) is 6.30. The maximum absolute atomic E-state index is 6.36. The Morgan fingerprint density at radius 1 is 1.40 bits per heavy atom. The molecule has 2 N–H and O–H groups in total. The minimum absolute atomic E-state index is 0.137. The highest BCUT2D eigenvalue weighted by Gasteiger charge is 2.16. The number of anilines is 1. The molecule has 1 aliphatic heterocycles. The number of halogens is 1. The van der Waals surface area contributed by atoms with Crippen molar-refractivity contribution in [2.24, 2.45) is 11.7 Å². The van der Waals surface area contributed by atoms with Crippen LogP contribution < -0.4 is 10.6 Å². The lowest BCUT2D eigenvalue weighted by atomic mass is 9.99. The van der Waals surface area contributed by atoms with Crippen molar-refractivity contribution in [3.05, 3.63) is 28.8 Å². The van der Waals surface area contributed by atoms with E-state index >= 15 is 0 Å². The van der Waals surface area contributed by atoms with Crippen molar-refractivity contribution >= 4 is 17.3 Å². The molecule has 1 atom stereocenters. The molecule has 1 fully saturated rings. The highest BCUT2D eigenvalue weighted by atomic mass is 35.5. The van der Waals surface area contributed by atoms with Gasteiger partial charge in [0, 0.05) is 43.6 Å². The van der Waals surface area contributed by atoms with Gasteiger partial charge in [0.15, 0.2) is 0 Å². The smallest absolute Gasteiger partial charge is 0.0469 e. The van der Waals surface area contributed by atoms with E-state index in [1.807, 2.05) is 6.92 Å². The van der Waals surface area contributed by atoms with Crippen LogP contribution in [0.4, 0.5) is 5.69 Å². The normalized spacial score (nSPS) is 18.0. The molecule has 1 aromatic carbocycles. The molecular formula is C16H25ClN2O. The fourth-order valence-electron chi connectivity index (χ4n) is 2.71. The summed E-state index contributed by atoms with van der Waals surface area (Å²) >= 11 is 6.36. The molecule has 1 heterocycles. The third-order valence-electron chi connectivity index (χ3n) is 3.89. The standard InChI is InChI=1S/C16H25ClN2O/c1-12(18)9-14-3-4-15(10-16(14)17)19(2)11-13-5-7-20-8-6-13/h3-4,10,12-13H,5-9,11,18H2,1-2H3. The summed E-state index contributed by atoms with van der Waals surface area (Å²) in [4.78, 5) is 2.29. The summed E-state index contributed by atoms with van der Waals surface area (Å²) in [6, 6.07) is 6.43. The summed E-state index contributed by atoms with van der Waals surface area (Å²) in [5.41, 5.74) is 8.14. The van der Waals surface area contributed by atoms with Gasteiger partial charge in [-0.1, -0.05) is 17.7 Å². The van der Waals surface area contributed by atoms with Crippen LogP contribution in [0, 0.1) is 5.92 Å². The number of nitrogens with two attached hydrogens (primary N) is 1. The van der Waals surface area contributed by atoms with Crippen LogP contribution in [0.25, 0.3) is 0 Å². The Labute approximate surface area is 127 Å². The molecule has 0 aliphatic carbocycles. The van der Waals surface area contributed by atoms with Gasteiger partial charge in [-0.25, -0.2) is 0 Å². The largest absolute Gasteiger partial charge is 0.381 e. The van der Waals surface area contributed by atoms with Gasteiger partial charge >= 0.3 is 0 Å². The Hall–Kier alpha value is -0.770. The van der Waals surface area contributed by atoms with Gasteiger partial charge in [-0.3, -0.25) is 0 Å². The molecule has 0 saturated carbocycles. The number of hydrogen-bond acceptors (Lipinski definition) is 3. The zero-order chi connectivity index (χ0) is 14.5. The van der Waals surface area contributed by atoms with Crippen molar-refractivity contribution in [2.45, 2.75) is 32.2 Å². The van der Waals surface area contributed by atoms with E-state index in [4.69, 9.17) is 22.1 Å². The first-order valence-corrected chi connectivity index (χ1v) is 7.77. The Morgan fingerprint density at radius 2 is 2.10 bits per heavy atom. The van der Waals surface area contributed by atoms with E-state index in [1.54, 1.807) is 0 Å². The third-order valence-corrected chi connectivity index (χ3v) is 4.24. The molecule has 4 heteroatoms. The minimum Gasteiger partial charge on any atom is -0.381 e. The number of hydrogen-bond donors (Lipinski definition) is 1. The van der Waals surface area contributed by atoms with E-state index in [1.165, 1.54) is 5.69 Å². The Kier molecular flexibility index (Phi) is 5.70. The van der Waals surface area contributed by atoms with Crippen molar-refractivity contribution < 1.29 is 4.74 Å². The average molecular weight is 297 g/mol. The minimum atomic E-state index is 0.137. The SMILES string of the molecule is CC(N)Cc1ccc(N(C)CC2CCOCC2)cc1Cl. The predicted octanol–water partition coefficient (Wildman–Crippen LogP) is 3.09. The first-order valence-electron chi connectivity index (χ1n) is 7.39. The zero-order valence-electron chi connectivity index (χ0n) is 12.4. The first-order chi connectivity index (χ1) is 9.56. The van der Waals surface area contributed by atoms with Gasteiger partial charge in [-0.15, -0.1) is 0 Å². The fourth-order valence-corrected chi connectivity index (χ4v) is 2.96. The van der Waals surface area contributed by atoms with Crippen LogP contribution in [0.3, 0.4) is 0 Å². The van der Waals surface area contributed by atoms with Gasteiger partial charge < -0.3 is 15.4 Å². The van der Waals surface area contributed by atoms with Gasteiger partial charge in [0.05, 0.1) is 0 Å². The summed E-state index contributed by atoms with van der Waals surface area (Å²) in [7, 11) is 2.13. The molecule has 20 heavy (non-hydrogen) atoms. The molecule has 3 nitrogen and oxygen atoms in total. The molecular weight excluding hydrogens is 272 g/mol. The van der Waals surface area contributed by atoms with E-state index < -0.39 is 0 Å². The molecule has 0 aromatic heterocycles. The molecule has 0 spiro atoms. The lowest BCUT2D eigenvalue weighted by Crippen LogP contribution is -2.29. The van der Waals surface area contributed by atoms with E-state index in [0.717, 1.165) is 55.5 Å². The molecule has 1 aliphatic rings. The zero-order valence-corrected chi connectivity index (χ0v) is 13.2. The Bertz CT molecular complexity index is 430. The van der Waals surface area contributed by atoms with Crippen molar-refractivity contribution in [3.63, 3.8) is 0 Å². The molecule has 1 aromatic rings. The lowest BCUT2D eigenvalue weighted by molar-refractivity contribution is 0.0685. The summed E-state index contributed by atoms with van der Waals surface area (Å²) in [5.74, 6) is 0.719.